The van der Waals surface area contributed by atoms with Gasteiger partial charge >= 0.3 is 17.6 Å². The lowest BCUT2D eigenvalue weighted by atomic mass is 10.1. The third kappa shape index (κ3) is 3.77. The fourth-order valence-electron chi connectivity index (χ4n) is 2.25. The summed E-state index contributed by atoms with van der Waals surface area (Å²) in [5.74, 6) is -1.60. The van der Waals surface area contributed by atoms with Crippen LogP contribution in [0.15, 0.2) is 27.9 Å². The molecule has 0 fully saturated rings. The maximum absolute atomic E-state index is 12.2. The molecule has 0 aromatic heterocycles. The van der Waals surface area contributed by atoms with E-state index >= 15 is 0 Å². The number of ether oxygens (including phenoxy) is 3. The molecule has 0 radical (unpaired) electrons. The van der Waals surface area contributed by atoms with Crippen molar-refractivity contribution in [2.45, 2.75) is 0 Å². The van der Waals surface area contributed by atoms with E-state index in [1.807, 2.05) is 22.6 Å². The highest BCUT2D eigenvalue weighted by Crippen LogP contribution is 2.40. The summed E-state index contributed by atoms with van der Waals surface area (Å²) < 4.78 is 15.6. The number of methoxy groups -OCH3 is 2. The molecule has 1 aliphatic heterocycles. The van der Waals surface area contributed by atoms with Gasteiger partial charge in [-0.05, 0) is 50.7 Å². The molecule has 0 unspecified atom stereocenters. The van der Waals surface area contributed by atoms with Gasteiger partial charge in [0, 0.05) is 4.47 Å². The Morgan fingerprint density at radius 3 is 2.52 bits per heavy atom. The van der Waals surface area contributed by atoms with Crippen LogP contribution in [0.25, 0.3) is 0 Å². The van der Waals surface area contributed by atoms with Crippen LogP contribution in [0.3, 0.4) is 0 Å². The van der Waals surface area contributed by atoms with Gasteiger partial charge in [-0.25, -0.2) is 9.59 Å². The Balaban J connectivity index is 2.72. The van der Waals surface area contributed by atoms with E-state index in [1.165, 1.54) is 11.0 Å². The van der Waals surface area contributed by atoms with Gasteiger partial charge in [-0.15, -0.1) is 0 Å². The first-order valence-electron chi connectivity index (χ1n) is 6.70. The average molecular weight is 527 g/mol. The first-order valence-corrected chi connectivity index (χ1v) is 8.58. The molecule has 134 valence electrons. The zero-order valence-electron chi connectivity index (χ0n) is 13.1. The number of benzene rings is 1. The van der Waals surface area contributed by atoms with Gasteiger partial charge in [0.2, 0.25) is 0 Å². The van der Waals surface area contributed by atoms with E-state index in [1.54, 1.807) is 6.07 Å². The van der Waals surface area contributed by atoms with Crippen molar-refractivity contribution in [3.63, 3.8) is 0 Å². The number of nitro groups is 1. The number of esters is 2. The van der Waals surface area contributed by atoms with Crippen LogP contribution in [0.4, 0.5) is 11.4 Å². The smallest absolute Gasteiger partial charge is 0.355 e. The molecule has 0 spiro atoms. The van der Waals surface area contributed by atoms with Crippen molar-refractivity contribution < 1.29 is 28.7 Å². The van der Waals surface area contributed by atoms with Crippen LogP contribution in [0.2, 0.25) is 0 Å². The number of anilines is 1. The van der Waals surface area contributed by atoms with Crippen molar-refractivity contribution in [1.29, 1.82) is 0 Å². The molecule has 1 heterocycles. The summed E-state index contributed by atoms with van der Waals surface area (Å²) in [5.41, 5.74) is -0.361. The first-order chi connectivity index (χ1) is 11.8. The molecule has 1 aliphatic rings. The third-order valence-electron chi connectivity index (χ3n) is 3.35. The van der Waals surface area contributed by atoms with Gasteiger partial charge in [-0.3, -0.25) is 10.1 Å². The van der Waals surface area contributed by atoms with Crippen LogP contribution in [0.1, 0.15) is 0 Å². The van der Waals surface area contributed by atoms with Crippen molar-refractivity contribution in [2.75, 3.05) is 32.5 Å². The highest BCUT2D eigenvalue weighted by Gasteiger charge is 2.36. The number of rotatable bonds is 4. The number of carbonyl (C=O) groups is 2. The van der Waals surface area contributed by atoms with Gasteiger partial charge in [0.25, 0.3) is 0 Å². The van der Waals surface area contributed by atoms with E-state index in [0.29, 0.717) is 8.04 Å². The van der Waals surface area contributed by atoms with E-state index in [4.69, 9.17) is 9.47 Å². The van der Waals surface area contributed by atoms with E-state index in [-0.39, 0.29) is 36.0 Å². The molecule has 0 aliphatic carbocycles. The maximum atomic E-state index is 12.2. The molecular formula is C14H12BrIN2O7. The summed E-state index contributed by atoms with van der Waals surface area (Å²) in [6, 6.07) is 3.06. The number of halogens is 2. The molecule has 2 rings (SSSR count). The number of hydrogen-bond donors (Lipinski definition) is 0. The van der Waals surface area contributed by atoms with Crippen molar-refractivity contribution in [3.05, 3.63) is 41.6 Å². The second-order valence-corrected chi connectivity index (χ2v) is 6.64. The molecule has 9 nitrogen and oxygen atoms in total. The molecule has 1 aromatic rings. The van der Waals surface area contributed by atoms with Gasteiger partial charge in [0.05, 0.1) is 31.3 Å². The Morgan fingerprint density at radius 2 is 1.96 bits per heavy atom. The lowest BCUT2D eigenvalue weighted by Crippen LogP contribution is -2.39. The molecule has 0 N–H and O–H groups in total. The van der Waals surface area contributed by atoms with Crippen LogP contribution < -0.4 is 4.90 Å². The highest BCUT2D eigenvalue weighted by molar-refractivity contribution is 14.1. The molecule has 0 atom stereocenters. The molecule has 25 heavy (non-hydrogen) atoms. The second-order valence-electron chi connectivity index (χ2n) is 4.70. The minimum absolute atomic E-state index is 0.0761. The highest BCUT2D eigenvalue weighted by atomic mass is 127. The van der Waals surface area contributed by atoms with Crippen LogP contribution >= 0.6 is 38.5 Å². The molecule has 0 bridgehead atoms. The van der Waals surface area contributed by atoms with Gasteiger partial charge < -0.3 is 19.1 Å². The molecule has 0 amide bonds. The minimum atomic E-state index is -0.823. The number of hydrogen-bond acceptors (Lipinski definition) is 8. The van der Waals surface area contributed by atoms with E-state index in [2.05, 4.69) is 20.7 Å². The Labute approximate surface area is 164 Å². The lowest BCUT2D eigenvalue weighted by molar-refractivity contribution is -0.385. The first kappa shape index (κ1) is 19.6. The monoisotopic (exact) mass is 526 g/mol. The van der Waals surface area contributed by atoms with E-state index < -0.39 is 16.9 Å². The Kier molecular flexibility index (Phi) is 6.35. The quantitative estimate of drug-likeness (QED) is 0.254. The maximum Gasteiger partial charge on any atom is 0.355 e. The fraction of sp³-hybridized carbons (Fsp3) is 0.286. The van der Waals surface area contributed by atoms with Crippen LogP contribution in [0.5, 0.6) is 0 Å². The van der Waals surface area contributed by atoms with Crippen molar-refractivity contribution in [2.24, 2.45) is 0 Å². The number of carbonyl (C=O) groups excluding carboxylic acids is 2. The summed E-state index contributed by atoms with van der Waals surface area (Å²) in [6.45, 7) is -0.335. The van der Waals surface area contributed by atoms with Crippen molar-refractivity contribution in [3.8, 4) is 0 Å². The predicted octanol–water partition coefficient (Wildman–Crippen LogP) is 2.36. The number of nitro benzene ring substituents is 1. The molecule has 11 heteroatoms. The SMILES string of the molecule is COC(=O)C1=C(C(=O)OC)N(c2ccc(Br)c(I)c2[N+](=O)[O-])COC1. The summed E-state index contributed by atoms with van der Waals surface area (Å²) in [7, 11) is 2.31. The topological polar surface area (TPSA) is 108 Å². The molecular weight excluding hydrogens is 515 g/mol. The molecule has 1 aromatic carbocycles. The van der Waals surface area contributed by atoms with E-state index in [0.717, 1.165) is 14.2 Å². The van der Waals surface area contributed by atoms with Gasteiger partial charge in [0.1, 0.15) is 21.7 Å². The predicted molar refractivity (Wildman–Crippen MR) is 97.9 cm³/mol. The standard InChI is InChI=1S/C14H12BrIN2O7/c1-23-13(19)7-5-25-6-17(11(7)14(20)24-2)9-4-3-8(15)10(16)12(9)18(21)22/h3-4H,5-6H2,1-2H3. The lowest BCUT2D eigenvalue weighted by Gasteiger charge is -2.31. The summed E-state index contributed by atoms with van der Waals surface area (Å²) in [6.07, 6.45) is 0. The molecule has 0 saturated carbocycles. The Bertz CT molecular complexity index is 781. The van der Waals surface area contributed by atoms with Crippen LogP contribution in [0, 0.1) is 13.7 Å². The summed E-state index contributed by atoms with van der Waals surface area (Å²) in [4.78, 5) is 36.4. The van der Waals surface area contributed by atoms with Gasteiger partial charge in [-0.1, -0.05) is 0 Å². The Morgan fingerprint density at radius 1 is 1.32 bits per heavy atom. The van der Waals surface area contributed by atoms with Crippen molar-refractivity contribution >= 4 is 61.8 Å². The summed E-state index contributed by atoms with van der Waals surface area (Å²) in [5, 5.41) is 11.5. The fourth-order valence-corrected chi connectivity index (χ4v) is 3.23. The molecule has 0 saturated heterocycles. The normalized spacial score (nSPS) is 14.3. The largest absolute Gasteiger partial charge is 0.466 e. The third-order valence-corrected chi connectivity index (χ3v) is 5.85. The number of nitrogens with zero attached hydrogens (tertiary/aromatic N) is 2. The average Bonchev–Trinajstić information content (AvgIpc) is 2.61. The zero-order valence-corrected chi connectivity index (χ0v) is 16.8. The van der Waals surface area contributed by atoms with E-state index in [9.17, 15) is 19.7 Å². The van der Waals surface area contributed by atoms with Crippen LogP contribution in [-0.4, -0.2) is 44.4 Å². The minimum Gasteiger partial charge on any atom is -0.466 e. The van der Waals surface area contributed by atoms with Gasteiger partial charge in [-0.2, -0.15) is 0 Å². The summed E-state index contributed by atoms with van der Waals surface area (Å²) >= 11 is 5.06. The second kappa shape index (κ2) is 8.10. The zero-order chi connectivity index (χ0) is 18.7. The van der Waals surface area contributed by atoms with Crippen LogP contribution in [-0.2, 0) is 23.8 Å². The van der Waals surface area contributed by atoms with Gasteiger partial charge in [0.15, 0.2) is 0 Å². The van der Waals surface area contributed by atoms with Crippen molar-refractivity contribution in [1.82, 2.24) is 0 Å². The Hall–Kier alpha value is -1.73.